The molecule has 3 heteroatoms. The van der Waals surface area contributed by atoms with Crippen LogP contribution in [0.5, 0.6) is 0 Å². The second-order valence-electron chi connectivity index (χ2n) is 6.72. The van der Waals surface area contributed by atoms with Crippen molar-refractivity contribution in [1.82, 2.24) is 4.90 Å². The molecule has 2 aromatic rings. The maximum atomic E-state index is 9.32. The van der Waals surface area contributed by atoms with Gasteiger partial charge in [0.15, 0.2) is 0 Å². The average molecular weight is 310 g/mol. The zero-order valence-corrected chi connectivity index (χ0v) is 13.8. The second kappa shape index (κ2) is 7.16. The third kappa shape index (κ3) is 3.92. The molecular formula is C20H26N2O. The van der Waals surface area contributed by atoms with Crippen LogP contribution >= 0.6 is 0 Å². The fourth-order valence-corrected chi connectivity index (χ4v) is 3.39. The van der Waals surface area contributed by atoms with Crippen LogP contribution in [0, 0.1) is 5.92 Å². The molecule has 3 N–H and O–H groups in total. The quantitative estimate of drug-likeness (QED) is 0.852. The van der Waals surface area contributed by atoms with Crippen LogP contribution in [0.25, 0.3) is 11.1 Å². The summed E-state index contributed by atoms with van der Waals surface area (Å²) in [6.45, 7) is 2.44. The van der Waals surface area contributed by atoms with E-state index in [1.807, 2.05) is 24.3 Å². The summed E-state index contributed by atoms with van der Waals surface area (Å²) >= 11 is 0. The maximum Gasteiger partial charge on any atom is 0.0682 e. The molecule has 1 aliphatic heterocycles. The van der Waals surface area contributed by atoms with E-state index in [1.165, 1.54) is 37.1 Å². The van der Waals surface area contributed by atoms with Crippen molar-refractivity contribution in [3.8, 4) is 11.1 Å². The summed E-state index contributed by atoms with van der Waals surface area (Å²) < 4.78 is 0. The number of hydrogen-bond donors (Lipinski definition) is 2. The molecule has 0 aliphatic carbocycles. The Morgan fingerprint density at radius 3 is 2.57 bits per heavy atom. The largest absolute Gasteiger partial charge is 0.399 e. The van der Waals surface area contributed by atoms with E-state index in [2.05, 4.69) is 30.1 Å². The summed E-state index contributed by atoms with van der Waals surface area (Å²) in [5.41, 5.74) is 11.6. The molecule has 0 aromatic heterocycles. The lowest BCUT2D eigenvalue weighted by atomic mass is 9.88. The molecule has 122 valence electrons. The number of nitrogens with zero attached hydrogens (tertiary/aromatic N) is 1. The normalized spacial score (nSPS) is 16.6. The first-order chi connectivity index (χ1) is 11.2. The van der Waals surface area contributed by atoms with Gasteiger partial charge in [0.05, 0.1) is 6.61 Å². The second-order valence-corrected chi connectivity index (χ2v) is 6.72. The minimum Gasteiger partial charge on any atom is -0.399 e. The molecule has 23 heavy (non-hydrogen) atoms. The lowest BCUT2D eigenvalue weighted by Gasteiger charge is -2.29. The number of anilines is 1. The number of aliphatic hydroxyl groups excluding tert-OH is 1. The van der Waals surface area contributed by atoms with Gasteiger partial charge in [0, 0.05) is 5.69 Å². The van der Waals surface area contributed by atoms with Crippen LogP contribution in [0.4, 0.5) is 5.69 Å². The van der Waals surface area contributed by atoms with E-state index < -0.39 is 0 Å². The van der Waals surface area contributed by atoms with Crippen LogP contribution in [0.3, 0.4) is 0 Å². The summed E-state index contributed by atoms with van der Waals surface area (Å²) in [7, 11) is 2.19. The van der Waals surface area contributed by atoms with E-state index >= 15 is 0 Å². The summed E-state index contributed by atoms with van der Waals surface area (Å²) in [6.07, 6.45) is 3.56. The number of nitrogen functional groups attached to an aromatic ring is 1. The van der Waals surface area contributed by atoms with Gasteiger partial charge in [-0.3, -0.25) is 0 Å². The van der Waals surface area contributed by atoms with Crippen molar-refractivity contribution >= 4 is 5.69 Å². The summed E-state index contributed by atoms with van der Waals surface area (Å²) in [4.78, 5) is 2.40. The van der Waals surface area contributed by atoms with E-state index in [0.717, 1.165) is 29.2 Å². The molecule has 1 aliphatic rings. The van der Waals surface area contributed by atoms with Gasteiger partial charge in [-0.2, -0.15) is 0 Å². The molecular weight excluding hydrogens is 284 g/mol. The predicted molar refractivity (Wildman–Crippen MR) is 96.1 cm³/mol. The molecule has 0 radical (unpaired) electrons. The van der Waals surface area contributed by atoms with Gasteiger partial charge < -0.3 is 15.7 Å². The van der Waals surface area contributed by atoms with Gasteiger partial charge >= 0.3 is 0 Å². The van der Waals surface area contributed by atoms with Crippen LogP contribution in [0.15, 0.2) is 42.5 Å². The topological polar surface area (TPSA) is 49.5 Å². The maximum absolute atomic E-state index is 9.32. The Hall–Kier alpha value is -1.84. The van der Waals surface area contributed by atoms with Gasteiger partial charge in [0.2, 0.25) is 0 Å². The van der Waals surface area contributed by atoms with Gasteiger partial charge in [0.1, 0.15) is 0 Å². The van der Waals surface area contributed by atoms with Crippen LogP contribution < -0.4 is 5.73 Å². The van der Waals surface area contributed by atoms with Crippen molar-refractivity contribution in [3.63, 3.8) is 0 Å². The number of hydrogen-bond acceptors (Lipinski definition) is 3. The Labute approximate surface area is 138 Å². The molecule has 0 atom stereocenters. The molecule has 0 amide bonds. The van der Waals surface area contributed by atoms with E-state index in [9.17, 15) is 5.11 Å². The Balaban J connectivity index is 1.81. The van der Waals surface area contributed by atoms with E-state index in [1.54, 1.807) is 0 Å². The minimum atomic E-state index is 0.0747. The zero-order chi connectivity index (χ0) is 16.2. The fraction of sp³-hybridized carbons (Fsp3) is 0.400. The van der Waals surface area contributed by atoms with Crippen molar-refractivity contribution in [2.24, 2.45) is 5.92 Å². The van der Waals surface area contributed by atoms with Gasteiger partial charge in [0.25, 0.3) is 0 Å². The van der Waals surface area contributed by atoms with Crippen LogP contribution in [-0.4, -0.2) is 30.1 Å². The number of benzene rings is 2. The number of rotatable bonds is 4. The third-order valence-corrected chi connectivity index (χ3v) is 4.93. The SMILES string of the molecule is CN1CCC(Cc2cc(-c3cccc(CO)c3)ccc2N)CC1. The number of nitrogens with two attached hydrogens (primary N) is 1. The van der Waals surface area contributed by atoms with Crippen LogP contribution in [0.2, 0.25) is 0 Å². The molecule has 1 heterocycles. The molecule has 3 nitrogen and oxygen atoms in total. The van der Waals surface area contributed by atoms with Crippen molar-refractivity contribution in [2.75, 3.05) is 25.9 Å². The number of aliphatic hydroxyl groups is 1. The molecule has 0 saturated carbocycles. The molecule has 0 bridgehead atoms. The highest BCUT2D eigenvalue weighted by molar-refractivity contribution is 5.68. The standard InChI is InChI=1S/C20H26N2O/c1-22-9-7-15(8-10-22)11-19-13-18(5-6-20(19)21)17-4-2-3-16(12-17)14-23/h2-6,12-13,15,23H,7-11,14,21H2,1H3. The van der Waals surface area contributed by atoms with E-state index in [0.29, 0.717) is 0 Å². The number of piperidine rings is 1. The van der Waals surface area contributed by atoms with Crippen molar-refractivity contribution in [1.29, 1.82) is 0 Å². The van der Waals surface area contributed by atoms with Crippen molar-refractivity contribution in [2.45, 2.75) is 25.9 Å². The van der Waals surface area contributed by atoms with Gasteiger partial charge in [-0.1, -0.05) is 24.3 Å². The highest BCUT2D eigenvalue weighted by Crippen LogP contribution is 2.28. The lowest BCUT2D eigenvalue weighted by molar-refractivity contribution is 0.219. The molecule has 3 rings (SSSR count). The van der Waals surface area contributed by atoms with Gasteiger partial charge in [-0.15, -0.1) is 0 Å². The third-order valence-electron chi connectivity index (χ3n) is 4.93. The fourth-order valence-electron chi connectivity index (χ4n) is 3.39. The first-order valence-electron chi connectivity index (χ1n) is 8.43. The molecule has 2 aromatic carbocycles. The van der Waals surface area contributed by atoms with Crippen LogP contribution in [-0.2, 0) is 13.0 Å². The Morgan fingerprint density at radius 1 is 1.09 bits per heavy atom. The zero-order valence-electron chi connectivity index (χ0n) is 13.8. The molecule has 1 fully saturated rings. The van der Waals surface area contributed by atoms with Gasteiger partial charge in [-0.25, -0.2) is 0 Å². The summed E-state index contributed by atoms with van der Waals surface area (Å²) in [6, 6.07) is 14.4. The first kappa shape index (κ1) is 16.0. The highest BCUT2D eigenvalue weighted by atomic mass is 16.3. The smallest absolute Gasteiger partial charge is 0.0682 e. The summed E-state index contributed by atoms with van der Waals surface area (Å²) in [5, 5.41) is 9.32. The average Bonchev–Trinajstić information content (AvgIpc) is 2.59. The first-order valence-corrected chi connectivity index (χ1v) is 8.43. The highest BCUT2D eigenvalue weighted by Gasteiger charge is 2.18. The van der Waals surface area contributed by atoms with Crippen molar-refractivity contribution in [3.05, 3.63) is 53.6 Å². The van der Waals surface area contributed by atoms with Crippen LogP contribution in [0.1, 0.15) is 24.0 Å². The molecule has 0 unspecified atom stereocenters. The lowest BCUT2D eigenvalue weighted by Crippen LogP contribution is -2.31. The van der Waals surface area contributed by atoms with Gasteiger partial charge in [-0.05, 0) is 85.8 Å². The van der Waals surface area contributed by atoms with E-state index in [-0.39, 0.29) is 6.61 Å². The molecule has 0 spiro atoms. The monoisotopic (exact) mass is 310 g/mol. The molecule has 1 saturated heterocycles. The Bertz CT molecular complexity index is 660. The minimum absolute atomic E-state index is 0.0747. The number of likely N-dealkylation sites (tertiary alicyclic amines) is 1. The Kier molecular flexibility index (Phi) is 4.99. The Morgan fingerprint density at radius 2 is 1.83 bits per heavy atom. The predicted octanol–water partition coefficient (Wildman–Crippen LogP) is 3.31. The summed E-state index contributed by atoms with van der Waals surface area (Å²) in [5.74, 6) is 0.729. The van der Waals surface area contributed by atoms with E-state index in [4.69, 9.17) is 5.73 Å². The van der Waals surface area contributed by atoms with Crippen molar-refractivity contribution < 1.29 is 5.11 Å².